The van der Waals surface area contributed by atoms with E-state index in [4.69, 9.17) is 9.72 Å². The number of rotatable bonds is 1. The number of hydrogen-bond donors (Lipinski definition) is 2. The van der Waals surface area contributed by atoms with Crippen molar-refractivity contribution in [1.82, 2.24) is 24.5 Å². The first-order valence-electron chi connectivity index (χ1n) is 9.77. The number of aromatic amines is 1. The molecule has 1 fully saturated rings. The molecule has 9 nitrogen and oxygen atoms in total. The highest BCUT2D eigenvalue weighted by molar-refractivity contribution is 5.65. The van der Waals surface area contributed by atoms with Gasteiger partial charge in [0.2, 0.25) is 0 Å². The quantitative estimate of drug-likeness (QED) is 0.773. The Hall–Kier alpha value is -2.68. The zero-order chi connectivity index (χ0) is 19.5. The van der Waals surface area contributed by atoms with Crippen molar-refractivity contribution < 1.29 is 14.6 Å². The monoisotopic (exact) mass is 385 g/mol. The third-order valence-corrected chi connectivity index (χ3v) is 6.48. The first-order chi connectivity index (χ1) is 13.5. The molecule has 2 aromatic rings. The summed E-state index contributed by atoms with van der Waals surface area (Å²) in [6.45, 7) is 4.18. The summed E-state index contributed by atoms with van der Waals surface area (Å²) in [5.74, 6) is 1.23. The van der Waals surface area contributed by atoms with Gasteiger partial charge in [-0.05, 0) is 37.2 Å². The van der Waals surface area contributed by atoms with E-state index in [0.717, 1.165) is 29.7 Å². The molecule has 0 saturated carbocycles. The Morgan fingerprint density at radius 1 is 1.36 bits per heavy atom. The molecule has 3 aliphatic rings. The van der Waals surface area contributed by atoms with Gasteiger partial charge in [0.1, 0.15) is 0 Å². The summed E-state index contributed by atoms with van der Waals surface area (Å²) in [5, 5.41) is 12.4. The molecule has 5 rings (SSSR count). The van der Waals surface area contributed by atoms with Gasteiger partial charge in [0.05, 0.1) is 18.9 Å². The van der Waals surface area contributed by atoms with Crippen LogP contribution in [-0.4, -0.2) is 62.0 Å². The second-order valence-electron chi connectivity index (χ2n) is 8.09. The Morgan fingerprint density at radius 3 is 2.82 bits per heavy atom. The maximum absolute atomic E-state index is 13.4. The maximum Gasteiger partial charge on any atom is 0.407 e. The lowest BCUT2D eigenvalue weighted by molar-refractivity contribution is 0.115. The Balaban J connectivity index is 1.60. The highest BCUT2D eigenvalue weighted by Gasteiger charge is 2.48. The van der Waals surface area contributed by atoms with Crippen LogP contribution in [-0.2, 0) is 10.2 Å². The largest absolute Gasteiger partial charge is 0.465 e. The van der Waals surface area contributed by atoms with Crippen molar-refractivity contribution in [2.75, 3.05) is 26.3 Å². The molecule has 148 valence electrons. The Labute approximate surface area is 161 Å². The van der Waals surface area contributed by atoms with Crippen LogP contribution < -0.4 is 5.56 Å². The fourth-order valence-electron chi connectivity index (χ4n) is 5.04. The van der Waals surface area contributed by atoms with Crippen molar-refractivity contribution >= 4 is 17.4 Å². The van der Waals surface area contributed by atoms with Crippen molar-refractivity contribution in [3.05, 3.63) is 33.5 Å². The van der Waals surface area contributed by atoms with Gasteiger partial charge in [0.15, 0.2) is 5.82 Å². The number of nitrogens with one attached hydrogen (secondary N) is 1. The second kappa shape index (κ2) is 6.16. The van der Waals surface area contributed by atoms with Crippen molar-refractivity contribution in [3.63, 3.8) is 0 Å². The van der Waals surface area contributed by atoms with E-state index in [2.05, 4.69) is 17.0 Å². The summed E-state index contributed by atoms with van der Waals surface area (Å²) in [6, 6.07) is 0. The molecule has 2 aliphatic heterocycles. The predicted octanol–water partition coefficient (Wildman–Crippen LogP) is 1.74. The van der Waals surface area contributed by atoms with Gasteiger partial charge in [0.25, 0.3) is 11.3 Å². The van der Waals surface area contributed by atoms with E-state index in [1.54, 1.807) is 0 Å². The summed E-state index contributed by atoms with van der Waals surface area (Å²) in [7, 11) is 0. The van der Waals surface area contributed by atoms with Crippen LogP contribution in [0.25, 0.3) is 11.4 Å². The van der Waals surface area contributed by atoms with E-state index in [1.807, 2.05) is 6.08 Å². The topological polar surface area (TPSA) is 113 Å². The third-order valence-electron chi connectivity index (χ3n) is 6.48. The standard InChI is InChI=1S/C19H23N5O4/c1-11-10-19(4-6-23(7-5-19)18(26)27)13-14(11)20-17-21-15(22-24(17)16(13)25)12-2-8-28-9-3-12/h2,11H,3-10H2,1H3,(H,26,27)(H,20,21,22). The zero-order valence-corrected chi connectivity index (χ0v) is 15.8. The van der Waals surface area contributed by atoms with Crippen molar-refractivity contribution in [2.24, 2.45) is 0 Å². The van der Waals surface area contributed by atoms with Crippen LogP contribution in [0.2, 0.25) is 0 Å². The molecule has 2 aromatic heterocycles. The molecular weight excluding hydrogens is 362 g/mol. The van der Waals surface area contributed by atoms with E-state index in [0.29, 0.717) is 50.7 Å². The Bertz CT molecular complexity index is 1040. The molecule has 28 heavy (non-hydrogen) atoms. The minimum atomic E-state index is -0.894. The van der Waals surface area contributed by atoms with Crippen LogP contribution in [0.15, 0.2) is 10.9 Å². The van der Waals surface area contributed by atoms with Crippen LogP contribution in [0.4, 0.5) is 4.79 Å². The SMILES string of the molecule is CC1CC2(CCN(C(=O)O)CC2)c2c1nc1nc(C3=CCOCC3)[nH]n1c2=O. The summed E-state index contributed by atoms with van der Waals surface area (Å²) < 4.78 is 6.80. The van der Waals surface area contributed by atoms with Crippen molar-refractivity contribution in [2.45, 2.75) is 43.9 Å². The number of likely N-dealkylation sites (tertiary alicyclic amines) is 1. The molecule has 0 radical (unpaired) electrons. The summed E-state index contributed by atoms with van der Waals surface area (Å²) >= 11 is 0. The van der Waals surface area contributed by atoms with Gasteiger partial charge in [-0.2, -0.15) is 9.50 Å². The smallest absolute Gasteiger partial charge is 0.407 e. The average molecular weight is 385 g/mol. The normalized spacial score (nSPS) is 23.8. The molecule has 1 unspecified atom stereocenters. The number of ether oxygens (including phenoxy) is 1. The lowest BCUT2D eigenvalue weighted by Crippen LogP contribution is -2.46. The molecule has 1 amide bonds. The molecule has 1 saturated heterocycles. The molecule has 2 N–H and O–H groups in total. The minimum Gasteiger partial charge on any atom is -0.465 e. The van der Waals surface area contributed by atoms with Gasteiger partial charge in [-0.25, -0.2) is 9.78 Å². The number of hydrogen-bond acceptors (Lipinski definition) is 5. The number of amides is 1. The van der Waals surface area contributed by atoms with Gasteiger partial charge in [-0.3, -0.25) is 9.89 Å². The van der Waals surface area contributed by atoms with Gasteiger partial charge < -0.3 is 14.7 Å². The molecule has 4 heterocycles. The van der Waals surface area contributed by atoms with E-state index in [1.165, 1.54) is 9.42 Å². The van der Waals surface area contributed by atoms with Crippen LogP contribution >= 0.6 is 0 Å². The first kappa shape index (κ1) is 17.4. The van der Waals surface area contributed by atoms with E-state index < -0.39 is 6.09 Å². The van der Waals surface area contributed by atoms with Gasteiger partial charge in [-0.15, -0.1) is 0 Å². The van der Waals surface area contributed by atoms with Crippen LogP contribution in [0.3, 0.4) is 0 Å². The predicted molar refractivity (Wildman–Crippen MR) is 101 cm³/mol. The molecule has 1 aliphatic carbocycles. The zero-order valence-electron chi connectivity index (χ0n) is 15.8. The molecule has 9 heteroatoms. The van der Waals surface area contributed by atoms with Crippen LogP contribution in [0.5, 0.6) is 0 Å². The van der Waals surface area contributed by atoms with Gasteiger partial charge in [0, 0.05) is 24.1 Å². The van der Waals surface area contributed by atoms with E-state index >= 15 is 0 Å². The van der Waals surface area contributed by atoms with Gasteiger partial charge in [-0.1, -0.05) is 13.0 Å². The van der Waals surface area contributed by atoms with Crippen molar-refractivity contribution in [1.29, 1.82) is 0 Å². The maximum atomic E-state index is 13.4. The minimum absolute atomic E-state index is 0.0977. The summed E-state index contributed by atoms with van der Waals surface area (Å²) in [5.41, 5.74) is 2.22. The van der Waals surface area contributed by atoms with Crippen LogP contribution in [0.1, 0.15) is 55.6 Å². The highest BCUT2D eigenvalue weighted by atomic mass is 16.5. The summed E-state index contributed by atoms with van der Waals surface area (Å²) in [6.07, 6.45) is 3.98. The number of H-pyrrole nitrogens is 1. The second-order valence-corrected chi connectivity index (χ2v) is 8.09. The van der Waals surface area contributed by atoms with E-state index in [-0.39, 0.29) is 16.9 Å². The molecule has 1 spiro atoms. The fraction of sp³-hybridized carbons (Fsp3) is 0.579. The molecule has 1 atom stereocenters. The number of carbonyl (C=O) groups is 1. The lowest BCUT2D eigenvalue weighted by Gasteiger charge is -2.38. The van der Waals surface area contributed by atoms with Crippen molar-refractivity contribution in [3.8, 4) is 0 Å². The number of fused-ring (bicyclic) bond motifs is 3. The summed E-state index contributed by atoms with van der Waals surface area (Å²) in [4.78, 5) is 35.5. The third kappa shape index (κ3) is 2.49. The van der Waals surface area contributed by atoms with E-state index in [9.17, 15) is 14.7 Å². The van der Waals surface area contributed by atoms with Crippen LogP contribution in [0, 0.1) is 0 Å². The number of nitrogens with zero attached hydrogens (tertiary/aromatic N) is 4. The fourth-order valence-corrected chi connectivity index (χ4v) is 5.04. The average Bonchev–Trinajstić information content (AvgIpc) is 3.24. The lowest BCUT2D eigenvalue weighted by atomic mass is 9.74. The first-order valence-corrected chi connectivity index (χ1v) is 9.77. The number of aromatic nitrogens is 4. The molecule has 0 aromatic carbocycles. The molecular formula is C19H23N5O4. The number of piperidine rings is 1. The Kier molecular flexibility index (Phi) is 3.84. The van der Waals surface area contributed by atoms with Gasteiger partial charge >= 0.3 is 6.09 Å². The number of carboxylic acid groups (broad SMARTS) is 1. The molecule has 0 bridgehead atoms. The highest BCUT2D eigenvalue weighted by Crippen LogP contribution is 2.49. The Morgan fingerprint density at radius 2 is 2.14 bits per heavy atom.